The molecule has 1 fully saturated rings. The largest absolute Gasteiger partial charge is 0.395 e. The second-order valence-electron chi connectivity index (χ2n) is 4.68. The number of aliphatic hydroxyl groups is 1. The molecule has 4 nitrogen and oxygen atoms in total. The SMILES string of the molecule is CNC(C)(C)C(=O)N(CCO)C1CCC1. The Morgan fingerprint density at radius 3 is 2.47 bits per heavy atom. The van der Waals surface area contributed by atoms with E-state index in [1.165, 1.54) is 6.42 Å². The van der Waals surface area contributed by atoms with Crippen LogP contribution in [0.15, 0.2) is 0 Å². The third-order valence-electron chi connectivity index (χ3n) is 3.28. The molecule has 0 aromatic heterocycles. The van der Waals surface area contributed by atoms with E-state index in [0.29, 0.717) is 12.6 Å². The number of aliphatic hydroxyl groups excluding tert-OH is 1. The minimum absolute atomic E-state index is 0.0437. The maximum Gasteiger partial charge on any atom is 0.242 e. The number of nitrogens with zero attached hydrogens (tertiary/aromatic N) is 1. The topological polar surface area (TPSA) is 52.6 Å². The molecular weight excluding hydrogens is 192 g/mol. The van der Waals surface area contributed by atoms with Crippen LogP contribution in [0.5, 0.6) is 0 Å². The summed E-state index contributed by atoms with van der Waals surface area (Å²) in [6, 6.07) is 0.345. The second kappa shape index (κ2) is 4.94. The van der Waals surface area contributed by atoms with Crippen molar-refractivity contribution < 1.29 is 9.90 Å². The molecule has 0 aliphatic heterocycles. The van der Waals surface area contributed by atoms with E-state index in [2.05, 4.69) is 5.32 Å². The van der Waals surface area contributed by atoms with Crippen molar-refractivity contribution in [3.05, 3.63) is 0 Å². The minimum atomic E-state index is -0.537. The van der Waals surface area contributed by atoms with Crippen molar-refractivity contribution in [2.75, 3.05) is 20.2 Å². The lowest BCUT2D eigenvalue weighted by Crippen LogP contribution is -2.57. The Kier molecular flexibility index (Phi) is 4.11. The van der Waals surface area contributed by atoms with Crippen molar-refractivity contribution >= 4 is 5.91 Å². The number of hydrogen-bond acceptors (Lipinski definition) is 3. The standard InChI is InChI=1S/C11H22N2O2/c1-11(2,12-3)10(15)13(7-8-14)9-5-4-6-9/h9,12,14H,4-8H2,1-3H3. The van der Waals surface area contributed by atoms with E-state index in [1.807, 2.05) is 18.7 Å². The van der Waals surface area contributed by atoms with Crippen molar-refractivity contribution in [2.24, 2.45) is 0 Å². The van der Waals surface area contributed by atoms with Crippen LogP contribution in [-0.4, -0.2) is 47.7 Å². The molecule has 1 rings (SSSR count). The van der Waals surface area contributed by atoms with E-state index in [-0.39, 0.29) is 12.5 Å². The Morgan fingerprint density at radius 2 is 2.13 bits per heavy atom. The summed E-state index contributed by atoms with van der Waals surface area (Å²) in [5.41, 5.74) is -0.537. The van der Waals surface area contributed by atoms with Gasteiger partial charge >= 0.3 is 0 Å². The van der Waals surface area contributed by atoms with Crippen LogP contribution < -0.4 is 5.32 Å². The molecule has 88 valence electrons. The third kappa shape index (κ3) is 2.69. The number of carbonyl (C=O) groups excluding carboxylic acids is 1. The summed E-state index contributed by atoms with van der Waals surface area (Å²) in [5, 5.41) is 12.0. The normalized spacial score (nSPS) is 17.3. The van der Waals surface area contributed by atoms with Crippen molar-refractivity contribution in [2.45, 2.75) is 44.7 Å². The zero-order valence-electron chi connectivity index (χ0n) is 9.92. The zero-order valence-corrected chi connectivity index (χ0v) is 9.92. The first-order valence-electron chi connectivity index (χ1n) is 5.63. The molecule has 4 heteroatoms. The summed E-state index contributed by atoms with van der Waals surface area (Å²) in [6.45, 7) is 4.24. The molecule has 0 aromatic rings. The van der Waals surface area contributed by atoms with Gasteiger partial charge in [0.05, 0.1) is 12.1 Å². The number of rotatable bonds is 5. The van der Waals surface area contributed by atoms with E-state index in [1.54, 1.807) is 7.05 Å². The Hall–Kier alpha value is -0.610. The van der Waals surface area contributed by atoms with Gasteiger partial charge in [0.25, 0.3) is 0 Å². The quantitative estimate of drug-likeness (QED) is 0.694. The molecule has 0 saturated heterocycles. The molecule has 0 unspecified atom stereocenters. The number of nitrogens with one attached hydrogen (secondary N) is 1. The molecule has 1 aliphatic carbocycles. The molecule has 0 bridgehead atoms. The summed E-state index contributed by atoms with van der Waals surface area (Å²) in [7, 11) is 1.79. The van der Waals surface area contributed by atoms with Gasteiger partial charge in [-0.1, -0.05) is 0 Å². The Morgan fingerprint density at radius 1 is 1.53 bits per heavy atom. The zero-order chi connectivity index (χ0) is 11.5. The highest BCUT2D eigenvalue weighted by Crippen LogP contribution is 2.26. The average molecular weight is 214 g/mol. The molecule has 0 atom stereocenters. The first-order valence-corrected chi connectivity index (χ1v) is 5.63. The number of amides is 1. The van der Waals surface area contributed by atoms with Crippen LogP contribution in [0.25, 0.3) is 0 Å². The van der Waals surface area contributed by atoms with Crippen LogP contribution >= 0.6 is 0 Å². The molecule has 0 aromatic carbocycles. The molecular formula is C11H22N2O2. The van der Waals surface area contributed by atoms with Gasteiger partial charge in [0.1, 0.15) is 0 Å². The summed E-state index contributed by atoms with van der Waals surface area (Å²) in [5.74, 6) is 0.0868. The fraction of sp³-hybridized carbons (Fsp3) is 0.909. The predicted molar refractivity (Wildman–Crippen MR) is 59.6 cm³/mol. The highest BCUT2D eigenvalue weighted by atomic mass is 16.3. The average Bonchev–Trinajstić information content (AvgIpc) is 2.13. The Balaban J connectivity index is 2.66. The smallest absolute Gasteiger partial charge is 0.242 e. The summed E-state index contributed by atoms with van der Waals surface area (Å²) in [4.78, 5) is 14.0. The van der Waals surface area contributed by atoms with Crippen molar-refractivity contribution in [1.29, 1.82) is 0 Å². The first kappa shape index (κ1) is 12.5. The lowest BCUT2D eigenvalue weighted by molar-refractivity contribution is -0.141. The summed E-state index contributed by atoms with van der Waals surface area (Å²) in [6.07, 6.45) is 3.34. The van der Waals surface area contributed by atoms with Gasteiger partial charge in [-0.15, -0.1) is 0 Å². The lowest BCUT2D eigenvalue weighted by atomic mass is 9.89. The first-order chi connectivity index (χ1) is 7.03. The van der Waals surface area contributed by atoms with Crippen molar-refractivity contribution in [3.8, 4) is 0 Å². The molecule has 1 amide bonds. The minimum Gasteiger partial charge on any atom is -0.395 e. The van der Waals surface area contributed by atoms with Crippen LogP contribution in [0, 0.1) is 0 Å². The van der Waals surface area contributed by atoms with E-state index >= 15 is 0 Å². The Labute approximate surface area is 91.6 Å². The van der Waals surface area contributed by atoms with Crippen molar-refractivity contribution in [1.82, 2.24) is 10.2 Å². The molecule has 1 saturated carbocycles. The maximum atomic E-state index is 12.2. The van der Waals surface area contributed by atoms with Crippen LogP contribution in [0.2, 0.25) is 0 Å². The molecule has 1 aliphatic rings. The number of carbonyl (C=O) groups is 1. The van der Waals surface area contributed by atoms with E-state index in [4.69, 9.17) is 5.11 Å². The van der Waals surface area contributed by atoms with Gasteiger partial charge in [-0.25, -0.2) is 0 Å². The van der Waals surface area contributed by atoms with E-state index in [0.717, 1.165) is 12.8 Å². The van der Waals surface area contributed by atoms with Gasteiger partial charge in [0, 0.05) is 12.6 Å². The van der Waals surface area contributed by atoms with Crippen LogP contribution in [0.4, 0.5) is 0 Å². The van der Waals surface area contributed by atoms with Crippen LogP contribution in [0.3, 0.4) is 0 Å². The van der Waals surface area contributed by atoms with E-state index < -0.39 is 5.54 Å². The summed E-state index contributed by atoms with van der Waals surface area (Å²) < 4.78 is 0. The van der Waals surface area contributed by atoms with Crippen LogP contribution in [-0.2, 0) is 4.79 Å². The lowest BCUT2D eigenvalue weighted by Gasteiger charge is -2.41. The highest BCUT2D eigenvalue weighted by molar-refractivity contribution is 5.85. The van der Waals surface area contributed by atoms with Gasteiger partial charge in [0.2, 0.25) is 5.91 Å². The third-order valence-corrected chi connectivity index (χ3v) is 3.28. The summed E-state index contributed by atoms with van der Waals surface area (Å²) >= 11 is 0. The van der Waals surface area contributed by atoms with Crippen LogP contribution in [0.1, 0.15) is 33.1 Å². The second-order valence-corrected chi connectivity index (χ2v) is 4.68. The predicted octanol–water partition coefficient (Wildman–Crippen LogP) is 0.358. The van der Waals surface area contributed by atoms with E-state index in [9.17, 15) is 4.79 Å². The van der Waals surface area contributed by atoms with Gasteiger partial charge in [-0.3, -0.25) is 4.79 Å². The van der Waals surface area contributed by atoms with Crippen molar-refractivity contribution in [3.63, 3.8) is 0 Å². The van der Waals surface area contributed by atoms with Gasteiger partial charge in [0.15, 0.2) is 0 Å². The Bertz CT molecular complexity index is 225. The number of hydrogen-bond donors (Lipinski definition) is 2. The maximum absolute atomic E-state index is 12.2. The molecule has 0 radical (unpaired) electrons. The van der Waals surface area contributed by atoms with Gasteiger partial charge < -0.3 is 15.3 Å². The fourth-order valence-corrected chi connectivity index (χ4v) is 1.72. The van der Waals surface area contributed by atoms with Gasteiger partial charge in [-0.2, -0.15) is 0 Å². The molecule has 0 heterocycles. The van der Waals surface area contributed by atoms with Gasteiger partial charge in [-0.05, 0) is 40.2 Å². The number of likely N-dealkylation sites (N-methyl/N-ethyl adjacent to an activating group) is 1. The molecule has 0 spiro atoms. The molecule has 2 N–H and O–H groups in total. The monoisotopic (exact) mass is 214 g/mol. The molecule has 15 heavy (non-hydrogen) atoms. The fourth-order valence-electron chi connectivity index (χ4n) is 1.72. The highest BCUT2D eigenvalue weighted by Gasteiger charge is 2.35.